The smallest absolute Gasteiger partial charge is 0.147 e. The zero-order valence-electron chi connectivity index (χ0n) is 12.4. The maximum Gasteiger partial charge on any atom is 0.147 e. The second kappa shape index (κ2) is 10.1. The SMILES string of the molecule is CCCCCCOCC(O)CNc1ccc(C#N)cc1F. The van der Waals surface area contributed by atoms with Crippen LogP contribution in [0.1, 0.15) is 38.2 Å². The van der Waals surface area contributed by atoms with Crippen LogP contribution in [0.15, 0.2) is 18.2 Å². The molecule has 0 bridgehead atoms. The molecule has 2 N–H and O–H groups in total. The number of ether oxygens (including phenoxy) is 1. The first kappa shape index (κ1) is 17.4. The molecule has 0 heterocycles. The summed E-state index contributed by atoms with van der Waals surface area (Å²) in [6.07, 6.45) is 3.83. The Bertz CT molecular complexity index is 460. The predicted molar refractivity (Wildman–Crippen MR) is 80.6 cm³/mol. The van der Waals surface area contributed by atoms with Crippen LogP contribution in [0, 0.1) is 17.1 Å². The summed E-state index contributed by atoms with van der Waals surface area (Å²) in [5, 5.41) is 21.2. The first-order valence-electron chi connectivity index (χ1n) is 7.36. The van der Waals surface area contributed by atoms with E-state index in [2.05, 4.69) is 12.2 Å². The van der Waals surface area contributed by atoms with E-state index >= 15 is 0 Å². The lowest BCUT2D eigenvalue weighted by Crippen LogP contribution is -2.25. The van der Waals surface area contributed by atoms with Crippen LogP contribution in [-0.2, 0) is 4.74 Å². The van der Waals surface area contributed by atoms with Crippen molar-refractivity contribution < 1.29 is 14.2 Å². The Kier molecular flexibility index (Phi) is 8.41. The van der Waals surface area contributed by atoms with Crippen molar-refractivity contribution >= 4 is 5.69 Å². The van der Waals surface area contributed by atoms with Gasteiger partial charge in [-0.25, -0.2) is 4.39 Å². The molecule has 0 aliphatic carbocycles. The van der Waals surface area contributed by atoms with Crippen molar-refractivity contribution in [2.75, 3.05) is 25.1 Å². The fourth-order valence-corrected chi connectivity index (χ4v) is 1.86. The van der Waals surface area contributed by atoms with Crippen LogP contribution in [0.2, 0.25) is 0 Å². The van der Waals surface area contributed by atoms with Gasteiger partial charge in [0.05, 0.1) is 30.0 Å². The molecule has 5 heteroatoms. The minimum absolute atomic E-state index is 0.206. The van der Waals surface area contributed by atoms with Crippen LogP contribution in [0.25, 0.3) is 0 Å². The van der Waals surface area contributed by atoms with Crippen molar-refractivity contribution in [1.82, 2.24) is 0 Å². The van der Waals surface area contributed by atoms with Crippen LogP contribution >= 0.6 is 0 Å². The van der Waals surface area contributed by atoms with E-state index in [-0.39, 0.29) is 24.4 Å². The van der Waals surface area contributed by atoms with Crippen molar-refractivity contribution in [2.24, 2.45) is 0 Å². The first-order valence-corrected chi connectivity index (χ1v) is 7.36. The molecule has 0 radical (unpaired) electrons. The molecule has 1 aromatic carbocycles. The molecule has 0 aliphatic rings. The van der Waals surface area contributed by atoms with E-state index in [1.165, 1.54) is 31.0 Å². The van der Waals surface area contributed by atoms with E-state index in [1.54, 1.807) is 0 Å². The van der Waals surface area contributed by atoms with Gasteiger partial charge in [0.2, 0.25) is 0 Å². The summed E-state index contributed by atoms with van der Waals surface area (Å²) in [5.41, 5.74) is 0.546. The molecule has 0 spiro atoms. The van der Waals surface area contributed by atoms with Crippen LogP contribution < -0.4 is 5.32 Å². The van der Waals surface area contributed by atoms with Gasteiger partial charge in [0.1, 0.15) is 5.82 Å². The van der Waals surface area contributed by atoms with Gasteiger partial charge in [-0.1, -0.05) is 26.2 Å². The van der Waals surface area contributed by atoms with Gasteiger partial charge >= 0.3 is 0 Å². The number of unbranched alkanes of at least 4 members (excludes halogenated alkanes) is 3. The van der Waals surface area contributed by atoms with Gasteiger partial charge in [-0.15, -0.1) is 0 Å². The monoisotopic (exact) mass is 294 g/mol. The zero-order chi connectivity index (χ0) is 15.5. The number of aliphatic hydroxyl groups is 1. The highest BCUT2D eigenvalue weighted by molar-refractivity contribution is 5.48. The highest BCUT2D eigenvalue weighted by Crippen LogP contribution is 2.15. The van der Waals surface area contributed by atoms with Crippen LogP contribution in [0.5, 0.6) is 0 Å². The molecule has 0 aliphatic heterocycles. The summed E-state index contributed by atoms with van der Waals surface area (Å²) in [4.78, 5) is 0. The summed E-state index contributed by atoms with van der Waals surface area (Å²) in [5.74, 6) is -0.498. The number of nitrogens with one attached hydrogen (secondary N) is 1. The quantitative estimate of drug-likeness (QED) is 0.651. The summed E-state index contributed by atoms with van der Waals surface area (Å²) >= 11 is 0. The number of aliphatic hydroxyl groups excluding tert-OH is 1. The van der Waals surface area contributed by atoms with Gasteiger partial charge in [-0.3, -0.25) is 0 Å². The second-order valence-electron chi connectivity index (χ2n) is 4.98. The number of halogens is 1. The van der Waals surface area contributed by atoms with E-state index in [9.17, 15) is 9.50 Å². The molecule has 0 fully saturated rings. The highest BCUT2D eigenvalue weighted by atomic mass is 19.1. The summed E-state index contributed by atoms with van der Waals surface area (Å²) < 4.78 is 19.0. The minimum atomic E-state index is -0.689. The van der Waals surface area contributed by atoms with Gasteiger partial charge in [0.15, 0.2) is 0 Å². The number of anilines is 1. The Balaban J connectivity index is 2.21. The fourth-order valence-electron chi connectivity index (χ4n) is 1.86. The van der Waals surface area contributed by atoms with Gasteiger partial charge in [-0.05, 0) is 24.6 Å². The number of hydrogen-bond acceptors (Lipinski definition) is 4. The molecule has 1 aromatic rings. The molecular formula is C16H23FN2O2. The lowest BCUT2D eigenvalue weighted by Gasteiger charge is -2.13. The number of hydrogen-bond donors (Lipinski definition) is 2. The van der Waals surface area contributed by atoms with Gasteiger partial charge in [0, 0.05) is 13.2 Å². The Morgan fingerprint density at radius 3 is 2.86 bits per heavy atom. The minimum Gasteiger partial charge on any atom is -0.389 e. The number of nitrogens with zero attached hydrogens (tertiary/aromatic N) is 1. The molecule has 1 unspecified atom stereocenters. The van der Waals surface area contributed by atoms with Gasteiger partial charge < -0.3 is 15.2 Å². The standard InChI is InChI=1S/C16H23FN2O2/c1-2-3-4-5-8-21-12-14(20)11-19-16-7-6-13(10-18)9-15(16)17/h6-7,9,14,19-20H,2-5,8,11-12H2,1H3. The third-order valence-corrected chi connectivity index (χ3v) is 3.08. The van der Waals surface area contributed by atoms with Gasteiger partial charge in [-0.2, -0.15) is 5.26 Å². The Hall–Kier alpha value is -1.64. The fraction of sp³-hybridized carbons (Fsp3) is 0.562. The maximum absolute atomic E-state index is 13.6. The first-order chi connectivity index (χ1) is 10.2. The molecule has 0 saturated carbocycles. The maximum atomic E-state index is 13.6. The van der Waals surface area contributed by atoms with E-state index in [4.69, 9.17) is 10.00 Å². The van der Waals surface area contributed by atoms with Crippen LogP contribution in [0.4, 0.5) is 10.1 Å². The second-order valence-corrected chi connectivity index (χ2v) is 4.98. The average molecular weight is 294 g/mol. The third kappa shape index (κ3) is 7.07. The van der Waals surface area contributed by atoms with Crippen LogP contribution in [0.3, 0.4) is 0 Å². The highest BCUT2D eigenvalue weighted by Gasteiger charge is 2.07. The molecule has 0 amide bonds. The van der Waals surface area contributed by atoms with Gasteiger partial charge in [0.25, 0.3) is 0 Å². The molecule has 116 valence electrons. The molecular weight excluding hydrogens is 271 g/mol. The topological polar surface area (TPSA) is 65.3 Å². The number of nitriles is 1. The predicted octanol–water partition coefficient (Wildman–Crippen LogP) is 3.07. The molecule has 4 nitrogen and oxygen atoms in total. The number of benzene rings is 1. The van der Waals surface area contributed by atoms with Crippen molar-refractivity contribution in [2.45, 2.75) is 38.7 Å². The van der Waals surface area contributed by atoms with Crippen molar-refractivity contribution in [3.8, 4) is 6.07 Å². The molecule has 21 heavy (non-hydrogen) atoms. The summed E-state index contributed by atoms with van der Waals surface area (Å²) in [6.45, 7) is 3.23. The van der Waals surface area contributed by atoms with Crippen molar-refractivity contribution in [3.05, 3.63) is 29.6 Å². The Morgan fingerprint density at radius 1 is 1.38 bits per heavy atom. The molecule has 0 saturated heterocycles. The normalized spacial score (nSPS) is 11.9. The Morgan fingerprint density at radius 2 is 2.19 bits per heavy atom. The van der Waals surface area contributed by atoms with E-state index in [0.29, 0.717) is 6.61 Å². The third-order valence-electron chi connectivity index (χ3n) is 3.08. The largest absolute Gasteiger partial charge is 0.389 e. The van der Waals surface area contributed by atoms with E-state index in [0.717, 1.165) is 12.8 Å². The average Bonchev–Trinajstić information content (AvgIpc) is 2.49. The van der Waals surface area contributed by atoms with Crippen molar-refractivity contribution in [3.63, 3.8) is 0 Å². The molecule has 0 aromatic heterocycles. The lowest BCUT2D eigenvalue weighted by atomic mass is 10.2. The number of rotatable bonds is 10. The summed E-state index contributed by atoms with van der Waals surface area (Å²) in [7, 11) is 0. The zero-order valence-corrected chi connectivity index (χ0v) is 12.4. The summed E-state index contributed by atoms with van der Waals surface area (Å²) in [6, 6.07) is 6.06. The van der Waals surface area contributed by atoms with E-state index in [1.807, 2.05) is 6.07 Å². The molecule has 1 rings (SSSR count). The van der Waals surface area contributed by atoms with E-state index < -0.39 is 11.9 Å². The lowest BCUT2D eigenvalue weighted by molar-refractivity contribution is 0.0416. The Labute approximate surface area is 125 Å². The van der Waals surface area contributed by atoms with Crippen molar-refractivity contribution in [1.29, 1.82) is 5.26 Å². The van der Waals surface area contributed by atoms with Crippen LogP contribution in [-0.4, -0.2) is 31.0 Å². The molecule has 1 atom stereocenters.